The third kappa shape index (κ3) is 5.06. The van der Waals surface area contributed by atoms with Crippen LogP contribution in [0.1, 0.15) is 35.2 Å². The molecule has 0 fully saturated rings. The van der Waals surface area contributed by atoms with Gasteiger partial charge in [-0.15, -0.1) is 0 Å². The van der Waals surface area contributed by atoms with Gasteiger partial charge >= 0.3 is 0 Å². The molecule has 1 N–H and O–H groups in total. The molecular formula is C21H19Cl2NO3. The zero-order valence-electron chi connectivity index (χ0n) is 14.8. The Morgan fingerprint density at radius 2 is 1.74 bits per heavy atom. The first-order valence-electron chi connectivity index (χ1n) is 8.62. The van der Waals surface area contributed by atoms with Crippen molar-refractivity contribution in [3.05, 3.63) is 81.7 Å². The van der Waals surface area contributed by atoms with Crippen LogP contribution in [0.2, 0.25) is 10.0 Å². The van der Waals surface area contributed by atoms with Crippen LogP contribution in [0.15, 0.2) is 59.0 Å². The molecule has 4 nitrogen and oxygen atoms in total. The standard InChI is InChI=1S/C21H19Cl2NO3/c1-2-4-14-7-9-15(10-8-14)26-13-16-11-12-19(27-16)21(25)24-20-17(22)5-3-6-18(20)23/h3,5-12H,2,4,13H2,1H3,(H,24,25). The molecule has 0 saturated heterocycles. The van der Waals surface area contributed by atoms with E-state index in [0.717, 1.165) is 18.6 Å². The Kier molecular flexibility index (Phi) is 6.43. The number of nitrogens with one attached hydrogen (secondary N) is 1. The van der Waals surface area contributed by atoms with Crippen molar-refractivity contribution in [1.82, 2.24) is 0 Å². The number of halogens is 2. The number of aryl methyl sites for hydroxylation is 1. The number of amides is 1. The number of anilines is 1. The molecule has 2 aromatic carbocycles. The third-order valence-corrected chi connectivity index (χ3v) is 4.56. The molecule has 3 aromatic rings. The largest absolute Gasteiger partial charge is 0.486 e. The smallest absolute Gasteiger partial charge is 0.291 e. The highest BCUT2D eigenvalue weighted by Gasteiger charge is 2.15. The molecule has 1 aromatic heterocycles. The van der Waals surface area contributed by atoms with Gasteiger partial charge in [0.15, 0.2) is 5.76 Å². The first-order chi connectivity index (χ1) is 13.1. The molecule has 0 atom stereocenters. The maximum absolute atomic E-state index is 12.3. The average molecular weight is 404 g/mol. The molecule has 0 aliphatic heterocycles. The Morgan fingerprint density at radius 3 is 2.41 bits per heavy atom. The molecule has 0 saturated carbocycles. The Bertz CT molecular complexity index is 899. The molecule has 1 amide bonds. The molecule has 0 bridgehead atoms. The van der Waals surface area contributed by atoms with Gasteiger partial charge in [-0.25, -0.2) is 0 Å². The van der Waals surface area contributed by atoms with Crippen LogP contribution in [0.5, 0.6) is 5.75 Å². The summed E-state index contributed by atoms with van der Waals surface area (Å²) in [5.41, 5.74) is 1.63. The molecule has 0 aliphatic rings. The zero-order chi connectivity index (χ0) is 19.2. The summed E-state index contributed by atoms with van der Waals surface area (Å²) in [6.45, 7) is 2.38. The Morgan fingerprint density at radius 1 is 1.04 bits per heavy atom. The van der Waals surface area contributed by atoms with Crippen LogP contribution in [-0.2, 0) is 13.0 Å². The molecule has 0 spiro atoms. The van der Waals surface area contributed by atoms with Gasteiger partial charge in [-0.3, -0.25) is 4.79 Å². The van der Waals surface area contributed by atoms with E-state index in [-0.39, 0.29) is 12.4 Å². The van der Waals surface area contributed by atoms with Gasteiger partial charge in [0.2, 0.25) is 0 Å². The van der Waals surface area contributed by atoms with Gasteiger partial charge in [-0.05, 0) is 48.4 Å². The van der Waals surface area contributed by atoms with Crippen LogP contribution in [0.25, 0.3) is 0 Å². The highest BCUT2D eigenvalue weighted by molar-refractivity contribution is 6.39. The van der Waals surface area contributed by atoms with Gasteiger partial charge in [-0.1, -0.05) is 54.7 Å². The number of hydrogen-bond acceptors (Lipinski definition) is 3. The minimum Gasteiger partial charge on any atom is -0.486 e. The normalized spacial score (nSPS) is 10.6. The van der Waals surface area contributed by atoms with Crippen LogP contribution in [0.3, 0.4) is 0 Å². The highest BCUT2D eigenvalue weighted by atomic mass is 35.5. The first-order valence-corrected chi connectivity index (χ1v) is 9.38. The summed E-state index contributed by atoms with van der Waals surface area (Å²) in [7, 11) is 0. The number of rotatable bonds is 7. The SMILES string of the molecule is CCCc1ccc(OCc2ccc(C(=O)Nc3c(Cl)cccc3Cl)o2)cc1. The molecule has 27 heavy (non-hydrogen) atoms. The minimum absolute atomic E-state index is 0.155. The summed E-state index contributed by atoms with van der Waals surface area (Å²) >= 11 is 12.1. The van der Waals surface area contributed by atoms with Crippen molar-refractivity contribution in [3.63, 3.8) is 0 Å². The van der Waals surface area contributed by atoms with Crippen LogP contribution >= 0.6 is 23.2 Å². The molecule has 0 aliphatic carbocycles. The lowest BCUT2D eigenvalue weighted by molar-refractivity contribution is 0.0992. The van der Waals surface area contributed by atoms with Crippen molar-refractivity contribution >= 4 is 34.8 Å². The van der Waals surface area contributed by atoms with E-state index in [4.69, 9.17) is 32.4 Å². The molecule has 1 heterocycles. The third-order valence-electron chi connectivity index (χ3n) is 3.93. The summed E-state index contributed by atoms with van der Waals surface area (Å²) < 4.78 is 11.3. The fourth-order valence-electron chi connectivity index (χ4n) is 2.57. The van der Waals surface area contributed by atoms with Crippen molar-refractivity contribution < 1.29 is 13.9 Å². The van der Waals surface area contributed by atoms with Gasteiger partial charge in [-0.2, -0.15) is 0 Å². The van der Waals surface area contributed by atoms with E-state index in [9.17, 15) is 4.79 Å². The predicted molar refractivity (Wildman–Crippen MR) is 108 cm³/mol. The van der Waals surface area contributed by atoms with Gasteiger partial charge in [0.05, 0.1) is 15.7 Å². The maximum atomic E-state index is 12.3. The monoisotopic (exact) mass is 403 g/mol. The highest BCUT2D eigenvalue weighted by Crippen LogP contribution is 2.30. The average Bonchev–Trinajstić information content (AvgIpc) is 3.14. The Balaban J connectivity index is 1.60. The topological polar surface area (TPSA) is 51.5 Å². The van der Waals surface area contributed by atoms with E-state index in [0.29, 0.717) is 21.5 Å². The number of benzene rings is 2. The second-order valence-electron chi connectivity index (χ2n) is 6.00. The summed E-state index contributed by atoms with van der Waals surface area (Å²) in [6, 6.07) is 16.3. The van der Waals surface area contributed by atoms with Gasteiger partial charge in [0.25, 0.3) is 5.91 Å². The molecule has 3 rings (SSSR count). The summed E-state index contributed by atoms with van der Waals surface area (Å²) in [5, 5.41) is 3.38. The molecule has 140 valence electrons. The van der Waals surface area contributed by atoms with Crippen LogP contribution < -0.4 is 10.1 Å². The number of carbonyl (C=O) groups excluding carboxylic acids is 1. The number of carbonyl (C=O) groups is 1. The van der Waals surface area contributed by atoms with E-state index < -0.39 is 5.91 Å². The summed E-state index contributed by atoms with van der Waals surface area (Å²) in [6.07, 6.45) is 2.16. The quantitative estimate of drug-likeness (QED) is 0.498. The van der Waals surface area contributed by atoms with E-state index >= 15 is 0 Å². The van der Waals surface area contributed by atoms with Crippen LogP contribution in [-0.4, -0.2) is 5.91 Å². The van der Waals surface area contributed by atoms with Crippen LogP contribution in [0.4, 0.5) is 5.69 Å². The second kappa shape index (κ2) is 8.98. The zero-order valence-corrected chi connectivity index (χ0v) is 16.3. The van der Waals surface area contributed by atoms with Crippen molar-refractivity contribution in [2.45, 2.75) is 26.4 Å². The van der Waals surface area contributed by atoms with Crippen molar-refractivity contribution in [3.8, 4) is 5.75 Å². The van der Waals surface area contributed by atoms with E-state index in [1.807, 2.05) is 24.3 Å². The van der Waals surface area contributed by atoms with E-state index in [1.54, 1.807) is 30.3 Å². The second-order valence-corrected chi connectivity index (χ2v) is 6.81. The number of para-hydroxylation sites is 1. The Labute approximate surface area is 168 Å². The number of hydrogen-bond donors (Lipinski definition) is 1. The lowest BCUT2D eigenvalue weighted by atomic mass is 10.1. The Hall–Kier alpha value is -2.43. The maximum Gasteiger partial charge on any atom is 0.291 e. The van der Waals surface area contributed by atoms with Crippen LogP contribution in [0, 0.1) is 0 Å². The lowest BCUT2D eigenvalue weighted by Crippen LogP contribution is -2.11. The summed E-state index contributed by atoms with van der Waals surface area (Å²) in [5.74, 6) is 1.02. The molecule has 6 heteroatoms. The van der Waals surface area contributed by atoms with E-state index in [2.05, 4.69) is 12.2 Å². The van der Waals surface area contributed by atoms with E-state index in [1.165, 1.54) is 5.56 Å². The van der Waals surface area contributed by atoms with Gasteiger partial charge < -0.3 is 14.5 Å². The van der Waals surface area contributed by atoms with Crippen molar-refractivity contribution in [2.24, 2.45) is 0 Å². The fourth-order valence-corrected chi connectivity index (χ4v) is 3.06. The molecular weight excluding hydrogens is 385 g/mol. The van der Waals surface area contributed by atoms with Gasteiger partial charge in [0.1, 0.15) is 18.1 Å². The predicted octanol–water partition coefficient (Wildman–Crippen LogP) is 6.37. The minimum atomic E-state index is -0.430. The first kappa shape index (κ1) is 19.3. The molecule has 0 radical (unpaired) electrons. The number of ether oxygens (including phenoxy) is 1. The number of furan rings is 1. The molecule has 0 unspecified atom stereocenters. The lowest BCUT2D eigenvalue weighted by Gasteiger charge is -2.07. The van der Waals surface area contributed by atoms with Gasteiger partial charge in [0, 0.05) is 0 Å². The van der Waals surface area contributed by atoms with Crippen molar-refractivity contribution in [2.75, 3.05) is 5.32 Å². The summed E-state index contributed by atoms with van der Waals surface area (Å²) in [4.78, 5) is 12.3. The fraction of sp³-hybridized carbons (Fsp3) is 0.190. The van der Waals surface area contributed by atoms with Crippen molar-refractivity contribution in [1.29, 1.82) is 0 Å².